The molecule has 2 aliphatic rings. The zero-order valence-electron chi connectivity index (χ0n) is 18.1. The number of anilines is 1. The highest BCUT2D eigenvalue weighted by atomic mass is 32.2. The van der Waals surface area contributed by atoms with Crippen LogP contribution in [-0.2, 0) is 16.4 Å². The van der Waals surface area contributed by atoms with Gasteiger partial charge in [0.25, 0.3) is 15.9 Å². The molecule has 0 saturated carbocycles. The molecule has 1 saturated heterocycles. The molecule has 0 spiro atoms. The summed E-state index contributed by atoms with van der Waals surface area (Å²) in [5, 5.41) is 2.98. The number of amides is 1. The second-order valence-corrected chi connectivity index (χ2v) is 10.5. The van der Waals surface area contributed by atoms with Crippen molar-refractivity contribution >= 4 is 21.6 Å². The Morgan fingerprint density at radius 1 is 1.03 bits per heavy atom. The molecule has 1 unspecified atom stereocenters. The third kappa shape index (κ3) is 4.93. The quantitative estimate of drug-likeness (QED) is 0.716. The summed E-state index contributed by atoms with van der Waals surface area (Å²) in [7, 11) is -3.71. The summed E-state index contributed by atoms with van der Waals surface area (Å²) in [6.45, 7) is 6.39. The minimum absolute atomic E-state index is 0.151. The van der Waals surface area contributed by atoms with E-state index in [1.54, 1.807) is 18.2 Å². The van der Waals surface area contributed by atoms with Crippen molar-refractivity contribution in [1.29, 1.82) is 0 Å². The molecule has 4 rings (SSSR count). The molecule has 2 aromatic carbocycles. The first-order valence-electron chi connectivity index (χ1n) is 11.2. The van der Waals surface area contributed by atoms with Crippen LogP contribution < -0.4 is 9.62 Å². The normalized spacial score (nSPS) is 17.9. The third-order valence-corrected chi connectivity index (χ3v) is 7.97. The summed E-state index contributed by atoms with van der Waals surface area (Å²) in [6.07, 6.45) is 4.51. The largest absolute Gasteiger partial charge is 0.352 e. The minimum Gasteiger partial charge on any atom is -0.352 e. The van der Waals surface area contributed by atoms with Crippen molar-refractivity contribution in [3.8, 4) is 0 Å². The second-order valence-electron chi connectivity index (χ2n) is 8.66. The average Bonchev–Trinajstić information content (AvgIpc) is 3.23. The number of likely N-dealkylation sites (tertiary alicyclic amines) is 1. The van der Waals surface area contributed by atoms with Crippen LogP contribution >= 0.6 is 0 Å². The molecule has 0 aliphatic carbocycles. The molecular formula is C24H31N3O3S. The molecule has 0 aromatic heterocycles. The molecular weight excluding hydrogens is 410 g/mol. The van der Waals surface area contributed by atoms with Crippen LogP contribution in [0.15, 0.2) is 53.4 Å². The average molecular weight is 442 g/mol. The van der Waals surface area contributed by atoms with E-state index in [0.717, 1.165) is 30.9 Å². The Morgan fingerprint density at radius 3 is 2.61 bits per heavy atom. The highest BCUT2D eigenvalue weighted by molar-refractivity contribution is 7.92. The van der Waals surface area contributed by atoms with Gasteiger partial charge in [-0.3, -0.25) is 9.10 Å². The fraction of sp³-hybridized carbons (Fsp3) is 0.458. The Balaban J connectivity index is 1.41. The van der Waals surface area contributed by atoms with Gasteiger partial charge >= 0.3 is 0 Å². The summed E-state index contributed by atoms with van der Waals surface area (Å²) in [4.78, 5) is 15.3. The predicted octanol–water partition coefficient (Wildman–Crippen LogP) is 3.29. The monoisotopic (exact) mass is 441 g/mol. The summed E-state index contributed by atoms with van der Waals surface area (Å²) in [5.74, 6) is 0.111. The Kier molecular flexibility index (Phi) is 6.62. The lowest BCUT2D eigenvalue weighted by Gasteiger charge is -2.29. The van der Waals surface area contributed by atoms with Crippen LogP contribution in [0.3, 0.4) is 0 Å². The van der Waals surface area contributed by atoms with Gasteiger partial charge in [-0.25, -0.2) is 8.42 Å². The SMILES string of the molecule is CC(CNC(=O)c1cccc(S(=O)(=O)N2CCc3ccccc32)c1)CN1CCCCC1. The van der Waals surface area contributed by atoms with Crippen molar-refractivity contribution in [2.24, 2.45) is 5.92 Å². The van der Waals surface area contributed by atoms with Crippen molar-refractivity contribution in [1.82, 2.24) is 10.2 Å². The van der Waals surface area contributed by atoms with E-state index in [-0.39, 0.29) is 10.8 Å². The van der Waals surface area contributed by atoms with Gasteiger partial charge in [-0.15, -0.1) is 0 Å². The van der Waals surface area contributed by atoms with Crippen LogP contribution in [0.4, 0.5) is 5.69 Å². The van der Waals surface area contributed by atoms with Crippen LogP contribution in [0.1, 0.15) is 42.1 Å². The van der Waals surface area contributed by atoms with Gasteiger partial charge in [-0.1, -0.05) is 37.6 Å². The van der Waals surface area contributed by atoms with Crippen molar-refractivity contribution in [3.05, 3.63) is 59.7 Å². The summed E-state index contributed by atoms with van der Waals surface area (Å²) in [5.41, 5.74) is 2.13. The number of rotatable bonds is 7. The summed E-state index contributed by atoms with van der Waals surface area (Å²) in [6, 6.07) is 13.9. The molecule has 31 heavy (non-hydrogen) atoms. The number of sulfonamides is 1. The molecule has 1 N–H and O–H groups in total. The highest BCUT2D eigenvalue weighted by Gasteiger charge is 2.31. The molecule has 7 heteroatoms. The number of benzene rings is 2. The maximum atomic E-state index is 13.2. The zero-order chi connectivity index (χ0) is 21.8. The van der Waals surface area contributed by atoms with Gasteiger partial charge in [0.05, 0.1) is 10.6 Å². The smallest absolute Gasteiger partial charge is 0.264 e. The van der Waals surface area contributed by atoms with E-state index in [1.165, 1.54) is 29.6 Å². The number of hydrogen-bond acceptors (Lipinski definition) is 4. The fourth-order valence-electron chi connectivity index (χ4n) is 4.50. The van der Waals surface area contributed by atoms with Crippen molar-refractivity contribution < 1.29 is 13.2 Å². The first kappa shape index (κ1) is 21.8. The molecule has 2 aromatic rings. The highest BCUT2D eigenvalue weighted by Crippen LogP contribution is 2.32. The van der Waals surface area contributed by atoms with E-state index in [0.29, 0.717) is 31.0 Å². The molecule has 6 nitrogen and oxygen atoms in total. The van der Waals surface area contributed by atoms with Crippen LogP contribution in [0, 0.1) is 5.92 Å². The van der Waals surface area contributed by atoms with E-state index in [9.17, 15) is 13.2 Å². The maximum absolute atomic E-state index is 13.2. The Labute approximate surface area is 185 Å². The third-order valence-electron chi connectivity index (χ3n) is 6.16. The molecule has 0 radical (unpaired) electrons. The van der Waals surface area contributed by atoms with E-state index < -0.39 is 10.0 Å². The number of fused-ring (bicyclic) bond motifs is 1. The van der Waals surface area contributed by atoms with Gasteiger partial charge < -0.3 is 10.2 Å². The van der Waals surface area contributed by atoms with Gasteiger partial charge in [0.15, 0.2) is 0 Å². The number of carbonyl (C=O) groups excluding carboxylic acids is 1. The van der Waals surface area contributed by atoms with Crippen LogP contribution in [0.2, 0.25) is 0 Å². The van der Waals surface area contributed by atoms with Gasteiger partial charge in [0.1, 0.15) is 0 Å². The lowest BCUT2D eigenvalue weighted by Crippen LogP contribution is -2.38. The van der Waals surface area contributed by atoms with Gasteiger partial charge in [-0.05, 0) is 68.1 Å². The number of nitrogens with zero attached hydrogens (tertiary/aromatic N) is 2. The van der Waals surface area contributed by atoms with Gasteiger partial charge in [0.2, 0.25) is 0 Å². The standard InChI is InChI=1S/C24H31N3O3S/c1-19(18-26-13-5-2-6-14-26)17-25-24(28)21-9-7-10-22(16-21)31(29,30)27-15-12-20-8-3-4-11-23(20)27/h3-4,7-11,16,19H,2,5-6,12-15,17-18H2,1H3,(H,25,28). The molecule has 2 heterocycles. The van der Waals surface area contributed by atoms with Crippen LogP contribution in [-0.4, -0.2) is 51.9 Å². The Bertz CT molecular complexity index is 1030. The minimum atomic E-state index is -3.71. The van der Waals surface area contributed by atoms with E-state index >= 15 is 0 Å². The van der Waals surface area contributed by atoms with Crippen LogP contribution in [0.25, 0.3) is 0 Å². The molecule has 2 aliphatic heterocycles. The van der Waals surface area contributed by atoms with Gasteiger partial charge in [0, 0.05) is 25.2 Å². The number of para-hydroxylation sites is 1. The fourth-order valence-corrected chi connectivity index (χ4v) is 6.05. The zero-order valence-corrected chi connectivity index (χ0v) is 18.9. The Morgan fingerprint density at radius 2 is 1.81 bits per heavy atom. The number of hydrogen-bond donors (Lipinski definition) is 1. The van der Waals surface area contributed by atoms with E-state index in [2.05, 4.69) is 17.1 Å². The lowest BCUT2D eigenvalue weighted by atomic mass is 10.1. The second kappa shape index (κ2) is 9.40. The topological polar surface area (TPSA) is 69.7 Å². The first-order valence-corrected chi connectivity index (χ1v) is 12.6. The predicted molar refractivity (Wildman–Crippen MR) is 123 cm³/mol. The summed E-state index contributed by atoms with van der Waals surface area (Å²) < 4.78 is 27.9. The summed E-state index contributed by atoms with van der Waals surface area (Å²) >= 11 is 0. The lowest BCUT2D eigenvalue weighted by molar-refractivity contribution is 0.0942. The first-order chi connectivity index (χ1) is 14.9. The molecule has 166 valence electrons. The van der Waals surface area contributed by atoms with Crippen molar-refractivity contribution in [2.45, 2.75) is 37.5 Å². The van der Waals surface area contributed by atoms with E-state index in [1.807, 2.05) is 24.3 Å². The van der Waals surface area contributed by atoms with Crippen molar-refractivity contribution in [2.75, 3.05) is 37.0 Å². The van der Waals surface area contributed by atoms with Crippen LogP contribution in [0.5, 0.6) is 0 Å². The van der Waals surface area contributed by atoms with Crippen molar-refractivity contribution in [3.63, 3.8) is 0 Å². The number of piperidine rings is 1. The molecule has 1 atom stereocenters. The Hall–Kier alpha value is -2.38. The van der Waals surface area contributed by atoms with E-state index in [4.69, 9.17) is 0 Å². The molecule has 0 bridgehead atoms. The number of nitrogens with one attached hydrogen (secondary N) is 1. The molecule has 1 amide bonds. The maximum Gasteiger partial charge on any atom is 0.264 e. The number of carbonyl (C=O) groups is 1. The molecule has 1 fully saturated rings. The van der Waals surface area contributed by atoms with Gasteiger partial charge in [-0.2, -0.15) is 0 Å².